The molecule has 0 aliphatic rings. The van der Waals surface area contributed by atoms with Gasteiger partial charge in [0.05, 0.1) is 7.11 Å². The standard InChI is InChI=1S/C20H24N2O3/c1-13-14(2)19(25-4)9-8-16(13)10-11-21-20(24)17-6-5-7-18(12-17)22-15(3)23/h5-9,12H,10-11H2,1-4H3,(H,21,24)(H,22,23). The summed E-state index contributed by atoms with van der Waals surface area (Å²) in [7, 11) is 1.66. The molecule has 0 radical (unpaired) electrons. The maximum absolute atomic E-state index is 12.3. The summed E-state index contributed by atoms with van der Waals surface area (Å²) in [4.78, 5) is 23.4. The second-order valence-electron chi connectivity index (χ2n) is 5.94. The van der Waals surface area contributed by atoms with Gasteiger partial charge in [0, 0.05) is 24.7 Å². The van der Waals surface area contributed by atoms with Gasteiger partial charge in [0.2, 0.25) is 5.91 Å². The molecule has 0 aliphatic heterocycles. The van der Waals surface area contributed by atoms with E-state index in [9.17, 15) is 9.59 Å². The number of nitrogens with one attached hydrogen (secondary N) is 2. The molecule has 2 aromatic carbocycles. The van der Waals surface area contributed by atoms with E-state index in [1.54, 1.807) is 31.4 Å². The number of amides is 2. The number of hydrogen-bond donors (Lipinski definition) is 2. The van der Waals surface area contributed by atoms with Crippen LogP contribution in [0.15, 0.2) is 36.4 Å². The third kappa shape index (κ3) is 4.83. The van der Waals surface area contributed by atoms with E-state index < -0.39 is 0 Å². The van der Waals surface area contributed by atoms with E-state index in [1.807, 2.05) is 19.1 Å². The van der Waals surface area contributed by atoms with E-state index >= 15 is 0 Å². The van der Waals surface area contributed by atoms with Crippen molar-refractivity contribution in [3.8, 4) is 5.75 Å². The van der Waals surface area contributed by atoms with Crippen molar-refractivity contribution in [2.75, 3.05) is 19.0 Å². The number of benzene rings is 2. The first-order valence-electron chi connectivity index (χ1n) is 8.21. The highest BCUT2D eigenvalue weighted by molar-refractivity contribution is 5.96. The van der Waals surface area contributed by atoms with Crippen LogP contribution in [-0.2, 0) is 11.2 Å². The van der Waals surface area contributed by atoms with E-state index in [2.05, 4.69) is 17.6 Å². The van der Waals surface area contributed by atoms with Crippen molar-refractivity contribution in [2.24, 2.45) is 0 Å². The zero-order valence-electron chi connectivity index (χ0n) is 15.1. The summed E-state index contributed by atoms with van der Waals surface area (Å²) in [6, 6.07) is 10.9. The van der Waals surface area contributed by atoms with Crippen molar-refractivity contribution in [2.45, 2.75) is 27.2 Å². The van der Waals surface area contributed by atoms with Crippen molar-refractivity contribution in [3.05, 3.63) is 58.7 Å². The Kier molecular flexibility index (Phi) is 6.17. The van der Waals surface area contributed by atoms with Crippen LogP contribution in [0.2, 0.25) is 0 Å². The van der Waals surface area contributed by atoms with E-state index in [0.29, 0.717) is 17.8 Å². The van der Waals surface area contributed by atoms with Crippen LogP contribution >= 0.6 is 0 Å². The van der Waals surface area contributed by atoms with Crippen LogP contribution in [-0.4, -0.2) is 25.5 Å². The average Bonchev–Trinajstić information content (AvgIpc) is 2.58. The number of methoxy groups -OCH3 is 1. The lowest BCUT2D eigenvalue weighted by molar-refractivity contribution is -0.114. The van der Waals surface area contributed by atoms with Crippen molar-refractivity contribution in [1.82, 2.24) is 5.32 Å². The highest BCUT2D eigenvalue weighted by Crippen LogP contribution is 2.24. The van der Waals surface area contributed by atoms with Gasteiger partial charge < -0.3 is 15.4 Å². The van der Waals surface area contributed by atoms with Crippen LogP contribution in [0, 0.1) is 13.8 Å². The van der Waals surface area contributed by atoms with E-state index in [4.69, 9.17) is 4.74 Å². The lowest BCUT2D eigenvalue weighted by Crippen LogP contribution is -2.26. The second-order valence-corrected chi connectivity index (χ2v) is 5.94. The second kappa shape index (κ2) is 8.33. The third-order valence-corrected chi connectivity index (χ3v) is 4.19. The number of carbonyl (C=O) groups is 2. The largest absolute Gasteiger partial charge is 0.496 e. The minimum absolute atomic E-state index is 0.157. The fraction of sp³-hybridized carbons (Fsp3) is 0.300. The van der Waals surface area contributed by atoms with Gasteiger partial charge in [0.1, 0.15) is 5.75 Å². The number of hydrogen-bond acceptors (Lipinski definition) is 3. The quantitative estimate of drug-likeness (QED) is 0.848. The third-order valence-electron chi connectivity index (χ3n) is 4.19. The van der Waals surface area contributed by atoms with Crippen molar-refractivity contribution in [1.29, 1.82) is 0 Å². The van der Waals surface area contributed by atoms with Crippen molar-refractivity contribution >= 4 is 17.5 Å². The summed E-state index contributed by atoms with van der Waals surface area (Å²) in [6.45, 7) is 6.07. The fourth-order valence-electron chi connectivity index (χ4n) is 2.70. The van der Waals surface area contributed by atoms with Crippen molar-refractivity contribution < 1.29 is 14.3 Å². The molecule has 0 aliphatic carbocycles. The molecule has 0 unspecified atom stereocenters. The Morgan fingerprint density at radius 1 is 1.08 bits per heavy atom. The molecule has 25 heavy (non-hydrogen) atoms. The van der Waals surface area contributed by atoms with Gasteiger partial charge in [-0.15, -0.1) is 0 Å². The molecule has 132 valence electrons. The molecule has 0 saturated carbocycles. The van der Waals surface area contributed by atoms with Gasteiger partial charge in [-0.05, 0) is 61.2 Å². The van der Waals surface area contributed by atoms with Crippen LogP contribution in [0.25, 0.3) is 0 Å². The maximum Gasteiger partial charge on any atom is 0.251 e. The molecule has 2 N–H and O–H groups in total. The van der Waals surface area contributed by atoms with E-state index in [0.717, 1.165) is 17.7 Å². The van der Waals surface area contributed by atoms with Gasteiger partial charge in [-0.25, -0.2) is 0 Å². The minimum Gasteiger partial charge on any atom is -0.496 e. The van der Waals surface area contributed by atoms with Gasteiger partial charge in [0.15, 0.2) is 0 Å². The van der Waals surface area contributed by atoms with Crippen LogP contribution in [0.1, 0.15) is 34.0 Å². The topological polar surface area (TPSA) is 67.4 Å². The summed E-state index contributed by atoms with van der Waals surface area (Å²) >= 11 is 0. The fourth-order valence-corrected chi connectivity index (χ4v) is 2.70. The monoisotopic (exact) mass is 340 g/mol. The van der Waals surface area contributed by atoms with Crippen LogP contribution < -0.4 is 15.4 Å². The van der Waals surface area contributed by atoms with Crippen molar-refractivity contribution in [3.63, 3.8) is 0 Å². The predicted octanol–water partition coefficient (Wildman–Crippen LogP) is 3.24. The molecule has 0 fully saturated rings. The molecule has 0 saturated heterocycles. The van der Waals surface area contributed by atoms with Gasteiger partial charge in [0.25, 0.3) is 5.91 Å². The molecular weight excluding hydrogens is 316 g/mol. The highest BCUT2D eigenvalue weighted by Gasteiger charge is 2.09. The molecule has 5 heteroatoms. The summed E-state index contributed by atoms with van der Waals surface area (Å²) < 4.78 is 5.32. The Bertz CT molecular complexity index is 785. The predicted molar refractivity (Wildman–Crippen MR) is 99.3 cm³/mol. The first-order chi connectivity index (χ1) is 11.9. The average molecular weight is 340 g/mol. The molecule has 2 amide bonds. The van der Waals surface area contributed by atoms with Gasteiger partial charge in [-0.2, -0.15) is 0 Å². The Morgan fingerprint density at radius 3 is 2.52 bits per heavy atom. The van der Waals surface area contributed by atoms with E-state index in [-0.39, 0.29) is 11.8 Å². The Balaban J connectivity index is 1.97. The highest BCUT2D eigenvalue weighted by atomic mass is 16.5. The van der Waals surface area contributed by atoms with E-state index in [1.165, 1.54) is 18.1 Å². The lowest BCUT2D eigenvalue weighted by Gasteiger charge is -2.13. The molecule has 2 rings (SSSR count). The molecule has 5 nitrogen and oxygen atoms in total. The van der Waals surface area contributed by atoms with Crippen LogP contribution in [0.4, 0.5) is 5.69 Å². The smallest absolute Gasteiger partial charge is 0.251 e. The van der Waals surface area contributed by atoms with Gasteiger partial charge in [-0.1, -0.05) is 12.1 Å². The SMILES string of the molecule is COc1ccc(CCNC(=O)c2cccc(NC(C)=O)c2)c(C)c1C. The zero-order chi connectivity index (χ0) is 18.4. The normalized spacial score (nSPS) is 10.2. The van der Waals surface area contributed by atoms with Crippen LogP contribution in [0.3, 0.4) is 0 Å². The summed E-state index contributed by atoms with van der Waals surface area (Å²) in [6.07, 6.45) is 0.744. The Morgan fingerprint density at radius 2 is 1.84 bits per heavy atom. The summed E-state index contributed by atoms with van der Waals surface area (Å²) in [5, 5.41) is 5.60. The molecule has 0 spiro atoms. The lowest BCUT2D eigenvalue weighted by atomic mass is 10.00. The molecule has 0 aromatic heterocycles. The maximum atomic E-state index is 12.3. The zero-order valence-corrected chi connectivity index (χ0v) is 15.1. The molecule has 0 heterocycles. The molecular formula is C20H24N2O3. The summed E-state index contributed by atoms with van der Waals surface area (Å²) in [5.74, 6) is 0.554. The van der Waals surface area contributed by atoms with Gasteiger partial charge >= 0.3 is 0 Å². The minimum atomic E-state index is -0.164. The number of ether oxygens (including phenoxy) is 1. The molecule has 0 bridgehead atoms. The number of anilines is 1. The number of carbonyl (C=O) groups excluding carboxylic acids is 2. The molecule has 2 aromatic rings. The van der Waals surface area contributed by atoms with Gasteiger partial charge in [-0.3, -0.25) is 9.59 Å². The first kappa shape index (κ1) is 18.5. The molecule has 0 atom stereocenters. The van der Waals surface area contributed by atoms with Crippen LogP contribution in [0.5, 0.6) is 5.75 Å². The Hall–Kier alpha value is -2.82. The number of rotatable bonds is 6. The summed E-state index contributed by atoms with van der Waals surface area (Å²) in [5.41, 5.74) is 4.62. The Labute approximate surface area is 148 Å². The first-order valence-corrected chi connectivity index (χ1v) is 8.21.